The van der Waals surface area contributed by atoms with Crippen LogP contribution in [0.2, 0.25) is 0 Å². The summed E-state index contributed by atoms with van der Waals surface area (Å²) in [5.74, 6) is 1.24. The Hall–Kier alpha value is -2.24. The third kappa shape index (κ3) is 3.26. The van der Waals surface area contributed by atoms with Crippen LogP contribution in [0, 0.1) is 5.92 Å². The van der Waals surface area contributed by atoms with Crippen molar-refractivity contribution in [2.45, 2.75) is 32.4 Å². The lowest BCUT2D eigenvalue weighted by atomic mass is 9.86. The van der Waals surface area contributed by atoms with E-state index < -0.39 is 0 Å². The van der Waals surface area contributed by atoms with Gasteiger partial charge < -0.3 is 4.90 Å². The van der Waals surface area contributed by atoms with Crippen LogP contribution in [-0.4, -0.2) is 38.1 Å². The van der Waals surface area contributed by atoms with Gasteiger partial charge in [-0.1, -0.05) is 24.6 Å². The van der Waals surface area contributed by atoms with Crippen molar-refractivity contribution in [1.82, 2.24) is 25.1 Å². The van der Waals surface area contributed by atoms with E-state index in [-0.39, 0.29) is 5.91 Å². The summed E-state index contributed by atoms with van der Waals surface area (Å²) in [6.45, 7) is 1.21. The van der Waals surface area contributed by atoms with Gasteiger partial charge in [0, 0.05) is 12.6 Å². The lowest BCUT2D eigenvalue weighted by Gasteiger charge is -2.23. The first-order chi connectivity index (χ1) is 10.2. The number of aromatic nitrogens is 4. The first kappa shape index (κ1) is 13.7. The van der Waals surface area contributed by atoms with Crippen LogP contribution < -0.4 is 0 Å². The summed E-state index contributed by atoms with van der Waals surface area (Å²) >= 11 is 0. The molecule has 0 bridgehead atoms. The molecule has 3 rings (SSSR count). The van der Waals surface area contributed by atoms with Crippen LogP contribution in [0.4, 0.5) is 0 Å². The molecule has 0 saturated heterocycles. The molecule has 1 amide bonds. The smallest absolute Gasteiger partial charge is 0.254 e. The van der Waals surface area contributed by atoms with Crippen molar-refractivity contribution >= 4 is 5.91 Å². The number of hydrogen-bond acceptors (Lipinski definition) is 4. The van der Waals surface area contributed by atoms with Crippen molar-refractivity contribution < 1.29 is 4.79 Å². The van der Waals surface area contributed by atoms with Gasteiger partial charge in [-0.25, -0.2) is 0 Å². The summed E-state index contributed by atoms with van der Waals surface area (Å²) in [6.07, 6.45) is 3.81. The molecular formula is C15H19N5O. The molecule has 1 aromatic carbocycles. The van der Waals surface area contributed by atoms with Crippen LogP contribution in [0.25, 0.3) is 0 Å². The second kappa shape index (κ2) is 6.03. The summed E-state index contributed by atoms with van der Waals surface area (Å²) in [5, 5.41) is 12.4. The average molecular weight is 285 g/mol. The van der Waals surface area contributed by atoms with E-state index in [1.165, 1.54) is 19.3 Å². The van der Waals surface area contributed by atoms with E-state index in [0.717, 1.165) is 6.54 Å². The molecule has 0 atom stereocenters. The van der Waals surface area contributed by atoms with Crippen molar-refractivity contribution in [2.24, 2.45) is 5.92 Å². The normalized spacial score (nSPS) is 14.7. The zero-order chi connectivity index (χ0) is 14.7. The maximum absolute atomic E-state index is 12.2. The Morgan fingerprint density at radius 3 is 2.76 bits per heavy atom. The highest BCUT2D eigenvalue weighted by Gasteiger charge is 2.20. The molecule has 1 saturated carbocycles. The minimum absolute atomic E-state index is 0.0362. The molecule has 6 nitrogen and oxygen atoms in total. The van der Waals surface area contributed by atoms with Crippen LogP contribution >= 0.6 is 0 Å². The van der Waals surface area contributed by atoms with Gasteiger partial charge in [0.1, 0.15) is 0 Å². The summed E-state index contributed by atoms with van der Waals surface area (Å²) in [6, 6.07) is 9.21. The van der Waals surface area contributed by atoms with Crippen LogP contribution in [0.3, 0.4) is 0 Å². The monoisotopic (exact) mass is 285 g/mol. The largest absolute Gasteiger partial charge is 0.334 e. The summed E-state index contributed by atoms with van der Waals surface area (Å²) in [7, 11) is 1.75. The predicted molar refractivity (Wildman–Crippen MR) is 77.4 cm³/mol. The molecule has 6 heteroatoms. The first-order valence-corrected chi connectivity index (χ1v) is 7.29. The first-order valence-electron chi connectivity index (χ1n) is 7.29. The molecular weight excluding hydrogens is 266 g/mol. The van der Waals surface area contributed by atoms with Crippen molar-refractivity contribution in [2.75, 3.05) is 7.05 Å². The molecule has 1 aromatic heterocycles. The lowest BCUT2D eigenvalue weighted by molar-refractivity contribution is 0.0781. The fraction of sp³-hybridized carbons (Fsp3) is 0.467. The van der Waals surface area contributed by atoms with Crippen molar-refractivity contribution in [3.8, 4) is 0 Å². The van der Waals surface area contributed by atoms with E-state index in [2.05, 4.69) is 15.4 Å². The van der Waals surface area contributed by atoms with Crippen LogP contribution in [0.15, 0.2) is 30.3 Å². The van der Waals surface area contributed by atoms with E-state index in [1.807, 2.05) is 18.2 Å². The molecule has 1 heterocycles. The number of amides is 1. The fourth-order valence-electron chi connectivity index (χ4n) is 2.41. The Morgan fingerprint density at radius 2 is 2.10 bits per heavy atom. The zero-order valence-corrected chi connectivity index (χ0v) is 12.1. The molecule has 110 valence electrons. The fourth-order valence-corrected chi connectivity index (χ4v) is 2.41. The standard InChI is InChI=1S/C15H19N5O/c1-19(15(21)13-8-3-2-4-9-13)11-14-16-18-20(17-14)10-12-6-5-7-12/h2-4,8-9,12H,5-7,10-11H2,1H3. The van der Waals surface area contributed by atoms with Crippen molar-refractivity contribution in [3.05, 3.63) is 41.7 Å². The van der Waals surface area contributed by atoms with E-state index in [1.54, 1.807) is 28.9 Å². The van der Waals surface area contributed by atoms with Gasteiger partial charge in [0.2, 0.25) is 0 Å². The van der Waals surface area contributed by atoms with Crippen molar-refractivity contribution in [1.29, 1.82) is 0 Å². The SMILES string of the molecule is CN(Cc1nnn(CC2CCC2)n1)C(=O)c1ccccc1. The van der Waals surface area contributed by atoms with Gasteiger partial charge in [0.05, 0.1) is 13.1 Å². The molecule has 2 aromatic rings. The number of hydrogen-bond donors (Lipinski definition) is 0. The molecule has 0 unspecified atom stereocenters. The van der Waals surface area contributed by atoms with Gasteiger partial charge in [0.25, 0.3) is 5.91 Å². The Morgan fingerprint density at radius 1 is 1.33 bits per heavy atom. The summed E-state index contributed by atoms with van der Waals surface area (Å²) in [4.78, 5) is 15.5. The van der Waals surface area contributed by atoms with Gasteiger partial charge in [-0.05, 0) is 36.1 Å². The number of benzene rings is 1. The summed E-state index contributed by atoms with van der Waals surface area (Å²) in [5.41, 5.74) is 0.668. The minimum atomic E-state index is -0.0362. The number of rotatable bonds is 5. The third-order valence-electron chi connectivity index (χ3n) is 3.89. The molecule has 0 N–H and O–H groups in total. The number of nitrogens with zero attached hydrogens (tertiary/aromatic N) is 5. The third-order valence-corrected chi connectivity index (χ3v) is 3.89. The minimum Gasteiger partial charge on any atom is -0.334 e. The van der Waals surface area contributed by atoms with Gasteiger partial charge in [-0.2, -0.15) is 4.80 Å². The molecule has 1 fully saturated rings. The maximum Gasteiger partial charge on any atom is 0.254 e. The predicted octanol–water partition coefficient (Wildman–Crippen LogP) is 1.75. The molecule has 21 heavy (non-hydrogen) atoms. The lowest BCUT2D eigenvalue weighted by Crippen LogP contribution is -2.26. The number of carbonyl (C=O) groups is 1. The molecule has 0 spiro atoms. The Labute approximate surface area is 123 Å². The highest BCUT2D eigenvalue weighted by atomic mass is 16.2. The molecule has 1 aliphatic carbocycles. The number of carbonyl (C=O) groups excluding carboxylic acids is 1. The second-order valence-corrected chi connectivity index (χ2v) is 5.58. The van der Waals surface area contributed by atoms with Crippen LogP contribution in [0.1, 0.15) is 35.4 Å². The molecule has 0 aliphatic heterocycles. The van der Waals surface area contributed by atoms with Crippen LogP contribution in [-0.2, 0) is 13.1 Å². The van der Waals surface area contributed by atoms with E-state index >= 15 is 0 Å². The maximum atomic E-state index is 12.2. The Kier molecular flexibility index (Phi) is 3.94. The van der Waals surface area contributed by atoms with E-state index in [0.29, 0.717) is 23.9 Å². The molecule has 1 aliphatic rings. The van der Waals surface area contributed by atoms with Gasteiger partial charge in [-0.15, -0.1) is 10.2 Å². The van der Waals surface area contributed by atoms with E-state index in [4.69, 9.17) is 0 Å². The average Bonchev–Trinajstić information content (AvgIpc) is 2.90. The van der Waals surface area contributed by atoms with Gasteiger partial charge >= 0.3 is 0 Å². The van der Waals surface area contributed by atoms with Crippen molar-refractivity contribution in [3.63, 3.8) is 0 Å². The second-order valence-electron chi connectivity index (χ2n) is 5.58. The molecule has 0 radical (unpaired) electrons. The topological polar surface area (TPSA) is 63.9 Å². The van der Waals surface area contributed by atoms with E-state index in [9.17, 15) is 4.79 Å². The highest BCUT2D eigenvalue weighted by Crippen LogP contribution is 2.27. The highest BCUT2D eigenvalue weighted by molar-refractivity contribution is 5.93. The number of tetrazole rings is 1. The van der Waals surface area contributed by atoms with Gasteiger partial charge in [0.15, 0.2) is 5.82 Å². The van der Waals surface area contributed by atoms with Gasteiger partial charge in [-0.3, -0.25) is 4.79 Å². The quantitative estimate of drug-likeness (QED) is 0.839. The Bertz CT molecular complexity index is 606. The Balaban J connectivity index is 1.59. The van der Waals surface area contributed by atoms with Crippen LogP contribution in [0.5, 0.6) is 0 Å². The zero-order valence-electron chi connectivity index (χ0n) is 12.1. The summed E-state index contributed by atoms with van der Waals surface area (Å²) < 4.78 is 0.